The number of primary amides is 1. The largest absolute Gasteiger partial charge is 0.486 e. The zero-order valence-corrected chi connectivity index (χ0v) is 19.1. The lowest BCUT2D eigenvalue weighted by atomic mass is 10.1. The summed E-state index contributed by atoms with van der Waals surface area (Å²) in [4.78, 5) is 23.2. The highest BCUT2D eigenvalue weighted by Gasteiger charge is 2.24. The molecule has 8 nitrogen and oxygen atoms in total. The molecule has 0 aliphatic carbocycles. The monoisotopic (exact) mass is 453 g/mol. The van der Waals surface area contributed by atoms with E-state index >= 15 is 0 Å². The summed E-state index contributed by atoms with van der Waals surface area (Å²) in [5.41, 5.74) is 7.37. The Bertz CT molecular complexity index is 1050. The Balaban J connectivity index is 1.85. The van der Waals surface area contributed by atoms with Crippen molar-refractivity contribution in [2.24, 2.45) is 5.73 Å². The number of carbonyl (C=O) groups is 2. The van der Waals surface area contributed by atoms with Crippen LogP contribution in [0.25, 0.3) is 0 Å². The van der Waals surface area contributed by atoms with Gasteiger partial charge in [-0.3, -0.25) is 14.7 Å². The number of nitrogens with zero attached hydrogens (tertiary/aromatic N) is 3. The number of benzene rings is 2. The second-order valence-corrected chi connectivity index (χ2v) is 8.56. The van der Waals surface area contributed by atoms with Gasteiger partial charge < -0.3 is 10.5 Å². The van der Waals surface area contributed by atoms with E-state index < -0.39 is 17.2 Å². The average Bonchev–Trinajstić information content (AvgIpc) is 3.19. The Morgan fingerprint density at radius 2 is 1.78 bits per heavy atom. The van der Waals surface area contributed by atoms with Crippen LogP contribution in [0.15, 0.2) is 59.8 Å². The van der Waals surface area contributed by atoms with E-state index in [0.717, 1.165) is 17.7 Å². The van der Waals surface area contributed by atoms with E-state index in [-0.39, 0.29) is 12.6 Å². The van der Waals surface area contributed by atoms with Crippen LogP contribution in [0.1, 0.15) is 43.8 Å². The molecule has 0 bridgehead atoms. The van der Waals surface area contributed by atoms with Gasteiger partial charge in [0.1, 0.15) is 12.4 Å². The second kappa shape index (κ2) is 10.8. The summed E-state index contributed by atoms with van der Waals surface area (Å²) >= 11 is 1.20. The van der Waals surface area contributed by atoms with Crippen LogP contribution < -0.4 is 15.8 Å². The lowest BCUT2D eigenvalue weighted by Gasteiger charge is -2.19. The summed E-state index contributed by atoms with van der Waals surface area (Å²) in [6, 6.07) is 16.9. The number of aromatic nitrogens is 3. The normalized spacial score (nSPS) is 12.7. The molecular weight excluding hydrogens is 426 g/mol. The molecule has 0 saturated heterocycles. The third-order valence-corrected chi connectivity index (χ3v) is 6.06. The summed E-state index contributed by atoms with van der Waals surface area (Å²) in [7, 11) is 0. The van der Waals surface area contributed by atoms with Crippen LogP contribution >= 0.6 is 11.8 Å². The first-order valence-corrected chi connectivity index (χ1v) is 11.2. The topological polar surface area (TPSA) is 112 Å². The minimum Gasteiger partial charge on any atom is -0.486 e. The van der Waals surface area contributed by atoms with Crippen LogP contribution in [0.5, 0.6) is 5.75 Å². The number of amides is 3. The first-order chi connectivity index (χ1) is 15.4. The van der Waals surface area contributed by atoms with Gasteiger partial charge in [-0.2, -0.15) is 0 Å². The molecule has 3 N–H and O–H groups in total. The van der Waals surface area contributed by atoms with E-state index in [1.807, 2.05) is 66.1 Å². The molecule has 1 heterocycles. The summed E-state index contributed by atoms with van der Waals surface area (Å²) in [6.45, 7) is 6.04. The van der Waals surface area contributed by atoms with Crippen molar-refractivity contribution >= 4 is 23.7 Å². The van der Waals surface area contributed by atoms with E-state index in [1.54, 1.807) is 6.92 Å². The standard InChI is InChI=1S/C23H27N5O3S/c1-4-17-10-12-19(13-11-17)31-14-20-26-27-23(32-16(3)21(29)25-22(24)30)28(20)15(2)18-8-6-5-7-9-18/h5-13,15-16H,4,14H2,1-3H3,(H3,24,25,29,30). The highest BCUT2D eigenvalue weighted by Crippen LogP contribution is 2.29. The molecule has 0 radical (unpaired) electrons. The van der Waals surface area contributed by atoms with Crippen molar-refractivity contribution in [3.63, 3.8) is 0 Å². The molecule has 1 aromatic heterocycles. The van der Waals surface area contributed by atoms with Crippen molar-refractivity contribution < 1.29 is 14.3 Å². The smallest absolute Gasteiger partial charge is 0.318 e. The minimum atomic E-state index is -0.884. The van der Waals surface area contributed by atoms with Crippen LogP contribution in [-0.2, 0) is 17.8 Å². The van der Waals surface area contributed by atoms with Gasteiger partial charge >= 0.3 is 6.03 Å². The highest BCUT2D eigenvalue weighted by atomic mass is 32.2. The highest BCUT2D eigenvalue weighted by molar-refractivity contribution is 8.00. The van der Waals surface area contributed by atoms with Gasteiger partial charge in [0.05, 0.1) is 11.3 Å². The Hall–Kier alpha value is -3.33. The van der Waals surface area contributed by atoms with Crippen LogP contribution in [0.3, 0.4) is 0 Å². The van der Waals surface area contributed by atoms with E-state index in [9.17, 15) is 9.59 Å². The number of thioether (sulfide) groups is 1. The summed E-state index contributed by atoms with van der Waals surface area (Å²) in [5.74, 6) is 0.886. The molecule has 0 aliphatic rings. The molecule has 3 rings (SSSR count). The van der Waals surface area contributed by atoms with E-state index in [0.29, 0.717) is 11.0 Å². The third kappa shape index (κ3) is 5.88. The molecule has 2 atom stereocenters. The third-order valence-electron chi connectivity index (χ3n) is 5.00. The van der Waals surface area contributed by atoms with Crippen molar-refractivity contribution in [1.29, 1.82) is 0 Å². The number of hydrogen-bond acceptors (Lipinski definition) is 6. The van der Waals surface area contributed by atoms with Gasteiger partial charge in [-0.1, -0.05) is 61.2 Å². The number of nitrogens with two attached hydrogens (primary N) is 1. The summed E-state index contributed by atoms with van der Waals surface area (Å²) < 4.78 is 7.92. The number of urea groups is 1. The molecule has 9 heteroatoms. The molecule has 0 aliphatic heterocycles. The molecule has 32 heavy (non-hydrogen) atoms. The fourth-order valence-corrected chi connectivity index (χ4v) is 4.11. The van der Waals surface area contributed by atoms with Crippen molar-refractivity contribution in [1.82, 2.24) is 20.1 Å². The maximum atomic E-state index is 12.2. The molecule has 3 aromatic rings. The first-order valence-electron chi connectivity index (χ1n) is 10.4. The zero-order chi connectivity index (χ0) is 23.1. The molecule has 0 fully saturated rings. The van der Waals surface area contributed by atoms with Crippen molar-refractivity contribution in [2.45, 2.75) is 50.2 Å². The van der Waals surface area contributed by atoms with E-state index in [1.165, 1.54) is 17.3 Å². The van der Waals surface area contributed by atoms with Gasteiger partial charge in [0.15, 0.2) is 11.0 Å². The number of carbonyl (C=O) groups excluding carboxylic acids is 2. The van der Waals surface area contributed by atoms with Gasteiger partial charge in [0.2, 0.25) is 5.91 Å². The Kier molecular flexibility index (Phi) is 7.88. The van der Waals surface area contributed by atoms with Crippen LogP contribution in [0, 0.1) is 0 Å². The van der Waals surface area contributed by atoms with Crippen LogP contribution in [-0.4, -0.2) is 32.0 Å². The maximum Gasteiger partial charge on any atom is 0.318 e. The number of nitrogens with one attached hydrogen (secondary N) is 1. The number of rotatable bonds is 9. The van der Waals surface area contributed by atoms with Gasteiger partial charge in [0.25, 0.3) is 0 Å². The van der Waals surface area contributed by atoms with Crippen LogP contribution in [0.2, 0.25) is 0 Å². The van der Waals surface area contributed by atoms with Crippen molar-refractivity contribution in [3.05, 3.63) is 71.5 Å². The summed E-state index contributed by atoms with van der Waals surface area (Å²) in [5, 5.41) is 10.7. The average molecular weight is 454 g/mol. The Morgan fingerprint density at radius 3 is 2.41 bits per heavy atom. The Labute approximate surface area is 191 Å². The lowest BCUT2D eigenvalue weighted by Crippen LogP contribution is -2.39. The van der Waals surface area contributed by atoms with Gasteiger partial charge in [-0.15, -0.1) is 10.2 Å². The van der Waals surface area contributed by atoms with Gasteiger partial charge in [-0.25, -0.2) is 4.79 Å². The second-order valence-electron chi connectivity index (χ2n) is 7.26. The lowest BCUT2D eigenvalue weighted by molar-refractivity contribution is -0.119. The SMILES string of the molecule is CCc1ccc(OCc2nnc(SC(C)C(=O)NC(N)=O)n2C(C)c2ccccc2)cc1. The number of ether oxygens (including phenoxy) is 1. The molecule has 2 aromatic carbocycles. The minimum absolute atomic E-state index is 0.0961. The fraction of sp³-hybridized carbons (Fsp3) is 0.304. The van der Waals surface area contributed by atoms with E-state index in [2.05, 4.69) is 22.4 Å². The predicted octanol–water partition coefficient (Wildman–Crippen LogP) is 3.70. The molecular formula is C23H27N5O3S. The van der Waals surface area contributed by atoms with Crippen molar-refractivity contribution in [3.8, 4) is 5.75 Å². The maximum absolute atomic E-state index is 12.2. The molecule has 168 valence electrons. The zero-order valence-electron chi connectivity index (χ0n) is 18.3. The first kappa shape index (κ1) is 23.3. The quantitative estimate of drug-likeness (QED) is 0.478. The molecule has 0 spiro atoms. The number of hydrogen-bond donors (Lipinski definition) is 2. The number of aryl methyl sites for hydroxylation is 1. The summed E-state index contributed by atoms with van der Waals surface area (Å²) in [6.07, 6.45) is 0.964. The predicted molar refractivity (Wildman–Crippen MR) is 123 cm³/mol. The van der Waals surface area contributed by atoms with Gasteiger partial charge in [-0.05, 0) is 43.5 Å². The molecule has 0 saturated carbocycles. The van der Waals surface area contributed by atoms with E-state index in [4.69, 9.17) is 10.5 Å². The van der Waals surface area contributed by atoms with Gasteiger partial charge in [0, 0.05) is 0 Å². The number of imide groups is 1. The molecule has 2 unspecified atom stereocenters. The molecule has 3 amide bonds. The Morgan fingerprint density at radius 1 is 1.09 bits per heavy atom. The van der Waals surface area contributed by atoms with Crippen molar-refractivity contribution in [2.75, 3.05) is 0 Å². The fourth-order valence-electron chi connectivity index (χ4n) is 3.16. The van der Waals surface area contributed by atoms with Crippen LogP contribution in [0.4, 0.5) is 4.79 Å².